The van der Waals surface area contributed by atoms with Crippen molar-refractivity contribution in [3.8, 4) is 28.6 Å². The lowest BCUT2D eigenvalue weighted by atomic mass is 10.2. The molecule has 0 fully saturated rings. The molecule has 3 aromatic rings. The van der Waals surface area contributed by atoms with Gasteiger partial charge in [0.25, 0.3) is 5.89 Å². The highest BCUT2D eigenvalue weighted by atomic mass is 35.5. The highest BCUT2D eigenvalue weighted by Crippen LogP contribution is 2.35. The van der Waals surface area contributed by atoms with Crippen LogP contribution in [-0.4, -0.2) is 30.0 Å². The Bertz CT molecular complexity index is 1000. The molecule has 0 radical (unpaired) electrons. The first kappa shape index (κ1) is 17.2. The Morgan fingerprint density at radius 1 is 1.19 bits per heavy atom. The van der Waals surface area contributed by atoms with Gasteiger partial charge in [0.2, 0.25) is 12.6 Å². The number of rotatable bonds is 5. The smallest absolute Gasteiger partial charge is 0.342 e. The third kappa shape index (κ3) is 3.52. The number of aromatic nitrogens is 2. The van der Waals surface area contributed by atoms with Crippen LogP contribution in [0.15, 0.2) is 40.9 Å². The summed E-state index contributed by atoms with van der Waals surface area (Å²) < 4.78 is 26.1. The summed E-state index contributed by atoms with van der Waals surface area (Å²) in [5.41, 5.74) is 0.942. The number of nitrogens with zero attached hydrogens (tertiary/aromatic N) is 2. The summed E-state index contributed by atoms with van der Waals surface area (Å²) in [7, 11) is 1.44. The minimum atomic E-state index is -0.591. The summed E-state index contributed by atoms with van der Waals surface area (Å²) in [6.45, 7) is 0.00254. The molecule has 2 aromatic carbocycles. The van der Waals surface area contributed by atoms with Crippen LogP contribution in [-0.2, 0) is 11.3 Å². The molecule has 8 nitrogen and oxygen atoms in total. The molecule has 0 amide bonds. The van der Waals surface area contributed by atoms with Gasteiger partial charge in [0, 0.05) is 10.6 Å². The van der Waals surface area contributed by atoms with Crippen molar-refractivity contribution in [1.29, 1.82) is 0 Å². The van der Waals surface area contributed by atoms with Crippen LogP contribution in [0, 0.1) is 0 Å². The first-order valence-electron chi connectivity index (χ1n) is 7.87. The van der Waals surface area contributed by atoms with Crippen molar-refractivity contribution in [2.75, 3.05) is 13.9 Å². The summed E-state index contributed by atoms with van der Waals surface area (Å²) in [5.74, 6) is 1.51. The molecule has 1 aromatic heterocycles. The molecular formula is C18H13ClN2O6. The molecular weight excluding hydrogens is 376 g/mol. The third-order valence-corrected chi connectivity index (χ3v) is 4.04. The van der Waals surface area contributed by atoms with Crippen LogP contribution in [0.1, 0.15) is 16.2 Å². The van der Waals surface area contributed by atoms with Gasteiger partial charge < -0.3 is 23.5 Å². The minimum Gasteiger partial charge on any atom is -0.496 e. The standard InChI is InChI=1S/C18H13ClN2O6/c1-23-14-7-11(19)3-4-12(14)18(22)24-8-16-20-17(21-27-16)10-2-5-13-15(6-10)26-9-25-13/h2-7H,8-9H2,1H3. The monoisotopic (exact) mass is 388 g/mol. The molecule has 2 heterocycles. The van der Waals surface area contributed by atoms with E-state index in [-0.39, 0.29) is 24.9 Å². The number of carbonyl (C=O) groups is 1. The van der Waals surface area contributed by atoms with E-state index in [0.29, 0.717) is 33.7 Å². The van der Waals surface area contributed by atoms with E-state index in [0.717, 1.165) is 0 Å². The van der Waals surface area contributed by atoms with Gasteiger partial charge in [-0.3, -0.25) is 0 Å². The predicted octanol–water partition coefficient (Wildman–Crippen LogP) is 3.48. The van der Waals surface area contributed by atoms with E-state index in [1.54, 1.807) is 24.3 Å². The number of hydrogen-bond donors (Lipinski definition) is 0. The normalized spacial score (nSPS) is 12.1. The molecule has 0 atom stereocenters. The van der Waals surface area contributed by atoms with Crippen molar-refractivity contribution in [3.63, 3.8) is 0 Å². The summed E-state index contributed by atoms with van der Waals surface area (Å²) in [6, 6.07) is 9.93. The quantitative estimate of drug-likeness (QED) is 0.613. The van der Waals surface area contributed by atoms with Crippen LogP contribution in [0.3, 0.4) is 0 Å². The van der Waals surface area contributed by atoms with Gasteiger partial charge in [-0.2, -0.15) is 4.98 Å². The molecule has 0 aliphatic carbocycles. The van der Waals surface area contributed by atoms with Crippen LogP contribution in [0.25, 0.3) is 11.4 Å². The van der Waals surface area contributed by atoms with E-state index >= 15 is 0 Å². The van der Waals surface area contributed by atoms with Gasteiger partial charge in [0.15, 0.2) is 18.1 Å². The SMILES string of the molecule is COc1cc(Cl)ccc1C(=O)OCc1nc(-c2ccc3c(c2)OCO3)no1. The first-order chi connectivity index (χ1) is 13.1. The molecule has 0 saturated carbocycles. The van der Waals surface area contributed by atoms with Gasteiger partial charge in [0.05, 0.1) is 7.11 Å². The van der Waals surface area contributed by atoms with Crippen LogP contribution >= 0.6 is 11.6 Å². The Kier molecular flexibility index (Phi) is 4.55. The summed E-state index contributed by atoms with van der Waals surface area (Å²) in [6.07, 6.45) is 0. The summed E-state index contributed by atoms with van der Waals surface area (Å²) in [4.78, 5) is 16.5. The average Bonchev–Trinajstić information content (AvgIpc) is 3.34. The van der Waals surface area contributed by atoms with E-state index in [1.165, 1.54) is 19.2 Å². The first-order valence-corrected chi connectivity index (χ1v) is 8.25. The van der Waals surface area contributed by atoms with E-state index in [2.05, 4.69) is 10.1 Å². The number of fused-ring (bicyclic) bond motifs is 1. The van der Waals surface area contributed by atoms with Crippen molar-refractivity contribution in [2.45, 2.75) is 6.61 Å². The Balaban J connectivity index is 1.45. The molecule has 138 valence electrons. The number of esters is 1. The van der Waals surface area contributed by atoms with Crippen LogP contribution in [0.2, 0.25) is 5.02 Å². The lowest BCUT2D eigenvalue weighted by molar-refractivity contribution is 0.0426. The van der Waals surface area contributed by atoms with Crippen LogP contribution in [0.4, 0.5) is 0 Å². The van der Waals surface area contributed by atoms with Gasteiger partial charge in [-0.25, -0.2) is 4.79 Å². The lowest BCUT2D eigenvalue weighted by Gasteiger charge is -2.07. The number of hydrogen-bond acceptors (Lipinski definition) is 8. The van der Waals surface area contributed by atoms with Crippen molar-refractivity contribution in [1.82, 2.24) is 10.1 Å². The van der Waals surface area contributed by atoms with Gasteiger partial charge in [-0.05, 0) is 36.4 Å². The molecule has 27 heavy (non-hydrogen) atoms. The Morgan fingerprint density at radius 3 is 2.89 bits per heavy atom. The molecule has 0 N–H and O–H groups in total. The fourth-order valence-corrected chi connectivity index (χ4v) is 2.67. The molecule has 0 unspecified atom stereocenters. The highest BCUT2D eigenvalue weighted by Gasteiger charge is 2.18. The molecule has 9 heteroatoms. The van der Waals surface area contributed by atoms with E-state index in [1.807, 2.05) is 0 Å². The van der Waals surface area contributed by atoms with Crippen molar-refractivity contribution in [2.24, 2.45) is 0 Å². The molecule has 0 saturated heterocycles. The van der Waals surface area contributed by atoms with Crippen LogP contribution in [0.5, 0.6) is 17.2 Å². The largest absolute Gasteiger partial charge is 0.496 e. The minimum absolute atomic E-state index is 0.156. The van der Waals surface area contributed by atoms with Gasteiger partial charge in [0.1, 0.15) is 11.3 Å². The fourth-order valence-electron chi connectivity index (χ4n) is 2.51. The van der Waals surface area contributed by atoms with Crippen molar-refractivity contribution in [3.05, 3.63) is 52.9 Å². The zero-order valence-electron chi connectivity index (χ0n) is 14.1. The molecule has 0 bridgehead atoms. The maximum absolute atomic E-state index is 12.2. The second-order valence-electron chi connectivity index (χ2n) is 5.50. The predicted molar refractivity (Wildman–Crippen MR) is 93.0 cm³/mol. The van der Waals surface area contributed by atoms with Crippen molar-refractivity contribution >= 4 is 17.6 Å². The Hall–Kier alpha value is -3.26. The molecule has 4 rings (SSSR count). The number of halogens is 1. The van der Waals surface area contributed by atoms with Crippen molar-refractivity contribution < 1.29 is 28.3 Å². The maximum Gasteiger partial charge on any atom is 0.342 e. The second-order valence-corrected chi connectivity index (χ2v) is 5.94. The Morgan fingerprint density at radius 2 is 2.04 bits per heavy atom. The van der Waals surface area contributed by atoms with E-state index in [4.69, 9.17) is 35.1 Å². The molecule has 0 spiro atoms. The summed E-state index contributed by atoms with van der Waals surface area (Å²) >= 11 is 5.89. The number of ether oxygens (including phenoxy) is 4. The second kappa shape index (κ2) is 7.16. The summed E-state index contributed by atoms with van der Waals surface area (Å²) in [5, 5.41) is 4.34. The zero-order chi connectivity index (χ0) is 18.8. The topological polar surface area (TPSA) is 92.9 Å². The number of benzene rings is 2. The fraction of sp³-hybridized carbons (Fsp3) is 0.167. The molecule has 1 aliphatic rings. The maximum atomic E-state index is 12.2. The Labute approximate surface area is 158 Å². The lowest BCUT2D eigenvalue weighted by Crippen LogP contribution is -2.07. The number of carbonyl (C=O) groups excluding carboxylic acids is 1. The number of methoxy groups -OCH3 is 1. The van der Waals surface area contributed by atoms with Gasteiger partial charge >= 0.3 is 5.97 Å². The van der Waals surface area contributed by atoms with E-state index in [9.17, 15) is 4.79 Å². The van der Waals surface area contributed by atoms with Gasteiger partial charge in [-0.15, -0.1) is 0 Å². The molecule has 1 aliphatic heterocycles. The van der Waals surface area contributed by atoms with Crippen LogP contribution < -0.4 is 14.2 Å². The highest BCUT2D eigenvalue weighted by molar-refractivity contribution is 6.30. The van der Waals surface area contributed by atoms with E-state index < -0.39 is 5.97 Å². The average molecular weight is 389 g/mol. The van der Waals surface area contributed by atoms with Gasteiger partial charge in [-0.1, -0.05) is 16.8 Å². The zero-order valence-corrected chi connectivity index (χ0v) is 14.9. The third-order valence-electron chi connectivity index (χ3n) is 3.81.